The fourth-order valence-electron chi connectivity index (χ4n) is 2.33. The third kappa shape index (κ3) is 3.97. The van der Waals surface area contributed by atoms with Gasteiger partial charge in [0.05, 0.1) is 6.61 Å². The minimum Gasteiger partial charge on any atom is -0.494 e. The van der Waals surface area contributed by atoms with Gasteiger partial charge in [0.2, 0.25) is 0 Å². The number of carbonyl (C=O) groups is 1. The van der Waals surface area contributed by atoms with Gasteiger partial charge in [-0.05, 0) is 43.3 Å². The predicted octanol–water partition coefficient (Wildman–Crippen LogP) is 4.55. The summed E-state index contributed by atoms with van der Waals surface area (Å²) in [6.45, 7) is 2.27. The molecule has 2 aromatic rings. The van der Waals surface area contributed by atoms with E-state index in [1.165, 1.54) is 24.3 Å². The van der Waals surface area contributed by atoms with Crippen LogP contribution in [0.2, 0.25) is 5.02 Å². The molecular formula is C17H14ClF3N2O4. The number of amides is 2. The fraction of sp³-hybridized carbons (Fsp3) is 0.235. The van der Waals surface area contributed by atoms with Crippen LogP contribution in [0.3, 0.4) is 0 Å². The maximum Gasteiger partial charge on any atom is 0.492 e. The average molecular weight is 403 g/mol. The largest absolute Gasteiger partial charge is 0.494 e. The number of urea groups is 1. The highest BCUT2D eigenvalue weighted by atomic mass is 35.5. The third-order valence-electron chi connectivity index (χ3n) is 3.49. The highest BCUT2D eigenvalue weighted by Crippen LogP contribution is 2.46. The molecule has 0 aliphatic carbocycles. The summed E-state index contributed by atoms with van der Waals surface area (Å²) in [6, 6.07) is 8.66. The van der Waals surface area contributed by atoms with Crippen LogP contribution in [0.25, 0.3) is 0 Å². The number of rotatable bonds is 4. The highest BCUT2D eigenvalue weighted by molar-refractivity contribution is 6.30. The Kier molecular flexibility index (Phi) is 4.97. The molecule has 0 fully saturated rings. The molecule has 6 nitrogen and oxygen atoms in total. The molecular weight excluding hydrogens is 389 g/mol. The molecule has 3 rings (SSSR count). The quantitative estimate of drug-likeness (QED) is 0.787. The van der Waals surface area contributed by atoms with Crippen molar-refractivity contribution in [1.82, 2.24) is 5.32 Å². The Labute approximate surface area is 157 Å². The lowest BCUT2D eigenvalue weighted by atomic mass is 10.3. The zero-order valence-electron chi connectivity index (χ0n) is 13.9. The number of hydrogen-bond donors (Lipinski definition) is 2. The van der Waals surface area contributed by atoms with E-state index in [9.17, 15) is 18.0 Å². The zero-order chi connectivity index (χ0) is 19.7. The molecule has 2 aromatic carbocycles. The molecule has 2 amide bonds. The summed E-state index contributed by atoms with van der Waals surface area (Å²) in [6.07, 6.45) is -5.06. The molecule has 10 heteroatoms. The van der Waals surface area contributed by atoms with Crippen molar-refractivity contribution in [1.29, 1.82) is 0 Å². The Morgan fingerprint density at radius 3 is 2.44 bits per heavy atom. The van der Waals surface area contributed by atoms with Gasteiger partial charge in [0.15, 0.2) is 11.5 Å². The second-order valence-electron chi connectivity index (χ2n) is 5.45. The summed E-state index contributed by atoms with van der Waals surface area (Å²) in [5, 5.41) is 4.14. The van der Waals surface area contributed by atoms with E-state index >= 15 is 0 Å². The van der Waals surface area contributed by atoms with Crippen LogP contribution in [-0.2, 0) is 0 Å². The number of carbonyl (C=O) groups excluding carboxylic acids is 1. The maximum atomic E-state index is 13.6. The van der Waals surface area contributed by atoms with Crippen LogP contribution >= 0.6 is 11.6 Å². The molecule has 2 N–H and O–H groups in total. The van der Waals surface area contributed by atoms with Crippen LogP contribution < -0.4 is 24.8 Å². The van der Waals surface area contributed by atoms with Crippen LogP contribution in [0, 0.1) is 0 Å². The van der Waals surface area contributed by atoms with Crippen molar-refractivity contribution in [2.75, 3.05) is 11.9 Å². The van der Waals surface area contributed by atoms with Crippen molar-refractivity contribution in [3.05, 3.63) is 47.5 Å². The normalized spacial score (nSPS) is 18.1. The number of ether oxygens (including phenoxy) is 3. The Hall–Kier alpha value is -2.81. The van der Waals surface area contributed by atoms with E-state index < -0.39 is 18.1 Å². The van der Waals surface area contributed by atoms with E-state index in [-0.39, 0.29) is 22.2 Å². The van der Waals surface area contributed by atoms with E-state index in [4.69, 9.17) is 25.8 Å². The second-order valence-corrected chi connectivity index (χ2v) is 5.88. The van der Waals surface area contributed by atoms with Gasteiger partial charge >= 0.3 is 18.1 Å². The number of fused-ring (bicyclic) bond motifs is 1. The number of alkyl halides is 3. The van der Waals surface area contributed by atoms with Crippen LogP contribution in [0.1, 0.15) is 6.92 Å². The van der Waals surface area contributed by atoms with Gasteiger partial charge in [0.25, 0.3) is 0 Å². The number of hydrogen-bond acceptors (Lipinski definition) is 4. The SMILES string of the molecule is CCOc1ccc(NC(=O)NC2(C(F)(F)F)Oc3ccc(Cl)cc3O2)cc1. The second kappa shape index (κ2) is 7.07. The molecule has 1 aliphatic rings. The molecule has 1 atom stereocenters. The van der Waals surface area contributed by atoms with E-state index in [0.29, 0.717) is 12.4 Å². The van der Waals surface area contributed by atoms with E-state index in [0.717, 1.165) is 6.07 Å². The first-order valence-electron chi connectivity index (χ1n) is 7.79. The number of halogens is 4. The first kappa shape index (κ1) is 19.0. The van der Waals surface area contributed by atoms with Gasteiger partial charge in [-0.1, -0.05) is 11.6 Å². The number of nitrogens with one attached hydrogen (secondary N) is 2. The summed E-state index contributed by atoms with van der Waals surface area (Å²) >= 11 is 5.75. The lowest BCUT2D eigenvalue weighted by molar-refractivity contribution is -0.317. The van der Waals surface area contributed by atoms with Crippen molar-refractivity contribution >= 4 is 23.3 Å². The van der Waals surface area contributed by atoms with Gasteiger partial charge in [-0.3, -0.25) is 5.32 Å². The Morgan fingerprint density at radius 1 is 1.15 bits per heavy atom. The van der Waals surface area contributed by atoms with E-state index in [2.05, 4.69) is 5.32 Å². The monoisotopic (exact) mass is 402 g/mol. The molecule has 1 heterocycles. The van der Waals surface area contributed by atoms with Crippen molar-refractivity contribution in [3.63, 3.8) is 0 Å². The molecule has 27 heavy (non-hydrogen) atoms. The van der Waals surface area contributed by atoms with Gasteiger partial charge in [-0.2, -0.15) is 13.2 Å². The Bertz CT molecular complexity index is 845. The van der Waals surface area contributed by atoms with Gasteiger partial charge in [0, 0.05) is 16.8 Å². The minimum absolute atomic E-state index is 0.161. The molecule has 0 saturated carbocycles. The van der Waals surface area contributed by atoms with Crippen LogP contribution in [0.4, 0.5) is 23.7 Å². The topological polar surface area (TPSA) is 68.8 Å². The standard InChI is InChI=1S/C17H14ClF3N2O4/c1-2-25-12-6-4-11(5-7-12)22-15(24)23-17(16(19,20)21)26-13-8-3-10(18)9-14(13)27-17/h3-9H,2H2,1H3,(H2,22,23,24). The third-order valence-corrected chi connectivity index (χ3v) is 3.72. The van der Waals surface area contributed by atoms with Gasteiger partial charge < -0.3 is 19.5 Å². The average Bonchev–Trinajstić information content (AvgIpc) is 2.95. The predicted molar refractivity (Wildman–Crippen MR) is 91.3 cm³/mol. The number of benzene rings is 2. The molecule has 0 bridgehead atoms. The molecule has 0 radical (unpaired) electrons. The van der Waals surface area contributed by atoms with Crippen molar-refractivity contribution < 1.29 is 32.2 Å². The number of anilines is 1. The molecule has 1 aliphatic heterocycles. The lowest BCUT2D eigenvalue weighted by Gasteiger charge is -2.29. The van der Waals surface area contributed by atoms with E-state index in [1.807, 2.05) is 6.92 Å². The molecule has 1 unspecified atom stereocenters. The van der Waals surface area contributed by atoms with Crippen molar-refractivity contribution in [2.45, 2.75) is 19.0 Å². The molecule has 0 aromatic heterocycles. The van der Waals surface area contributed by atoms with Crippen LogP contribution in [0.5, 0.6) is 17.2 Å². The summed E-state index contributed by atoms with van der Waals surface area (Å²) in [5.41, 5.74) is 0.256. The van der Waals surface area contributed by atoms with Crippen LogP contribution in [0.15, 0.2) is 42.5 Å². The summed E-state index contributed by atoms with van der Waals surface area (Å²) in [5.74, 6) is -3.24. The molecule has 0 saturated heterocycles. The molecule has 0 spiro atoms. The Balaban J connectivity index is 1.75. The smallest absolute Gasteiger partial charge is 0.492 e. The highest BCUT2D eigenvalue weighted by Gasteiger charge is 2.65. The fourth-order valence-corrected chi connectivity index (χ4v) is 2.49. The van der Waals surface area contributed by atoms with Crippen LogP contribution in [-0.4, -0.2) is 24.7 Å². The van der Waals surface area contributed by atoms with Gasteiger partial charge in [-0.15, -0.1) is 0 Å². The summed E-state index contributed by atoms with van der Waals surface area (Å²) in [4.78, 5) is 12.1. The summed E-state index contributed by atoms with van der Waals surface area (Å²) in [7, 11) is 0. The Morgan fingerprint density at radius 2 is 1.81 bits per heavy atom. The zero-order valence-corrected chi connectivity index (χ0v) is 14.6. The minimum atomic E-state index is -5.06. The van der Waals surface area contributed by atoms with Crippen molar-refractivity contribution in [2.24, 2.45) is 0 Å². The first-order chi connectivity index (χ1) is 12.7. The summed E-state index contributed by atoms with van der Waals surface area (Å²) < 4.78 is 55.7. The maximum absolute atomic E-state index is 13.6. The van der Waals surface area contributed by atoms with Gasteiger partial charge in [0.1, 0.15) is 5.75 Å². The first-order valence-corrected chi connectivity index (χ1v) is 8.16. The van der Waals surface area contributed by atoms with E-state index in [1.54, 1.807) is 17.4 Å². The van der Waals surface area contributed by atoms with Crippen molar-refractivity contribution in [3.8, 4) is 17.2 Å². The van der Waals surface area contributed by atoms with Gasteiger partial charge in [-0.25, -0.2) is 4.79 Å². The lowest BCUT2D eigenvalue weighted by Crippen LogP contribution is -2.65. The molecule has 144 valence electrons.